The van der Waals surface area contributed by atoms with Crippen LogP contribution in [0.2, 0.25) is 0 Å². The van der Waals surface area contributed by atoms with Crippen LogP contribution in [0.15, 0.2) is 65.8 Å². The lowest BCUT2D eigenvalue weighted by molar-refractivity contribution is -0.115. The summed E-state index contributed by atoms with van der Waals surface area (Å²) < 4.78 is 1.87. The zero-order chi connectivity index (χ0) is 19.1. The molecule has 1 N–H and O–H groups in total. The van der Waals surface area contributed by atoms with Crippen molar-refractivity contribution in [2.24, 2.45) is 0 Å². The summed E-state index contributed by atoms with van der Waals surface area (Å²) in [5, 5.41) is 11.8. The molecule has 1 heterocycles. The molecule has 2 aromatic carbocycles. The van der Waals surface area contributed by atoms with Gasteiger partial charge in [0.15, 0.2) is 10.9 Å². The Balaban J connectivity index is 1.62. The van der Waals surface area contributed by atoms with E-state index in [0.29, 0.717) is 23.1 Å². The predicted molar refractivity (Wildman–Crippen MR) is 106 cm³/mol. The first-order chi connectivity index (χ1) is 13.2. The van der Waals surface area contributed by atoms with Crippen molar-refractivity contribution >= 4 is 29.1 Å². The van der Waals surface area contributed by atoms with E-state index in [1.807, 2.05) is 60.0 Å². The average molecular weight is 380 g/mol. The summed E-state index contributed by atoms with van der Waals surface area (Å²) in [6.07, 6.45) is 0.128. The number of aromatic nitrogens is 3. The zero-order valence-electron chi connectivity index (χ0n) is 15.0. The number of amides is 1. The lowest BCUT2D eigenvalue weighted by atomic mass is 10.2. The van der Waals surface area contributed by atoms with Crippen LogP contribution in [0.3, 0.4) is 0 Å². The number of para-hydroxylation sites is 1. The van der Waals surface area contributed by atoms with E-state index in [2.05, 4.69) is 15.5 Å². The molecule has 0 spiro atoms. The number of nitrogens with one attached hydrogen (secondary N) is 1. The number of carbonyl (C=O) groups is 2. The monoisotopic (exact) mass is 380 g/mol. The van der Waals surface area contributed by atoms with Gasteiger partial charge in [0.2, 0.25) is 5.91 Å². The van der Waals surface area contributed by atoms with E-state index < -0.39 is 0 Å². The van der Waals surface area contributed by atoms with Crippen molar-refractivity contribution in [3.8, 4) is 0 Å². The minimum absolute atomic E-state index is 0.0367. The Hall–Kier alpha value is -2.93. The van der Waals surface area contributed by atoms with Crippen LogP contribution in [0, 0.1) is 0 Å². The third kappa shape index (κ3) is 5.04. The van der Waals surface area contributed by atoms with Gasteiger partial charge in [-0.25, -0.2) is 0 Å². The molecule has 1 amide bonds. The van der Waals surface area contributed by atoms with Crippen LogP contribution >= 0.6 is 11.8 Å². The first kappa shape index (κ1) is 18.8. The Morgan fingerprint density at radius 1 is 1.00 bits per heavy atom. The Morgan fingerprint density at radius 2 is 1.67 bits per heavy atom. The molecule has 0 saturated heterocycles. The maximum Gasteiger partial charge on any atom is 0.232 e. The van der Waals surface area contributed by atoms with Crippen LogP contribution in [0.4, 0.5) is 5.69 Å². The summed E-state index contributed by atoms with van der Waals surface area (Å²) >= 11 is 1.33. The molecule has 6 nitrogen and oxygen atoms in total. The van der Waals surface area contributed by atoms with Crippen LogP contribution in [0.1, 0.15) is 23.1 Å². The smallest absolute Gasteiger partial charge is 0.232 e. The molecule has 0 aliphatic heterocycles. The molecule has 0 aliphatic carbocycles. The molecule has 7 heteroatoms. The number of anilines is 1. The molecule has 138 valence electrons. The van der Waals surface area contributed by atoms with Crippen LogP contribution in [-0.2, 0) is 17.8 Å². The van der Waals surface area contributed by atoms with E-state index in [9.17, 15) is 9.59 Å². The van der Waals surface area contributed by atoms with E-state index in [1.54, 1.807) is 12.1 Å². The second-order valence-corrected chi connectivity index (χ2v) is 6.75. The Labute approximate surface area is 162 Å². The molecule has 0 saturated carbocycles. The zero-order valence-corrected chi connectivity index (χ0v) is 15.8. The van der Waals surface area contributed by atoms with Gasteiger partial charge in [-0.05, 0) is 19.1 Å². The Morgan fingerprint density at radius 3 is 2.33 bits per heavy atom. The number of Topliss-reactive ketones (excluding diaryl/α,β-unsaturated/α-hetero) is 1. The fraction of sp³-hybridized carbons (Fsp3) is 0.200. The summed E-state index contributed by atoms with van der Waals surface area (Å²) in [7, 11) is 0. The summed E-state index contributed by atoms with van der Waals surface area (Å²) in [5.74, 6) is 0.744. The van der Waals surface area contributed by atoms with Gasteiger partial charge < -0.3 is 9.88 Å². The number of ketones is 1. The molecule has 1 aromatic heterocycles. The number of nitrogens with zero attached hydrogens (tertiary/aromatic N) is 3. The van der Waals surface area contributed by atoms with E-state index in [4.69, 9.17) is 0 Å². The van der Waals surface area contributed by atoms with Crippen LogP contribution < -0.4 is 5.32 Å². The van der Waals surface area contributed by atoms with Gasteiger partial charge in [-0.1, -0.05) is 60.3 Å². The second-order valence-electron chi connectivity index (χ2n) is 5.81. The highest BCUT2D eigenvalue weighted by molar-refractivity contribution is 7.99. The number of hydrogen-bond donors (Lipinski definition) is 1. The number of rotatable bonds is 8. The van der Waals surface area contributed by atoms with Gasteiger partial charge in [0.25, 0.3) is 0 Å². The van der Waals surface area contributed by atoms with Crippen molar-refractivity contribution in [1.82, 2.24) is 14.8 Å². The fourth-order valence-corrected chi connectivity index (χ4v) is 3.50. The third-order valence-corrected chi connectivity index (χ3v) is 4.88. The first-order valence-electron chi connectivity index (χ1n) is 8.65. The molecule has 0 atom stereocenters. The van der Waals surface area contributed by atoms with Gasteiger partial charge in [-0.2, -0.15) is 0 Å². The Kier molecular flexibility index (Phi) is 6.38. The lowest BCUT2D eigenvalue weighted by Gasteiger charge is -2.08. The second kappa shape index (κ2) is 9.14. The van der Waals surface area contributed by atoms with Gasteiger partial charge in [0.05, 0.1) is 12.2 Å². The third-order valence-electron chi connectivity index (χ3n) is 3.91. The summed E-state index contributed by atoms with van der Waals surface area (Å²) in [6, 6.07) is 18.4. The molecular weight excluding hydrogens is 360 g/mol. The van der Waals surface area contributed by atoms with Gasteiger partial charge in [-0.3, -0.25) is 9.59 Å². The van der Waals surface area contributed by atoms with Crippen molar-refractivity contribution in [2.75, 3.05) is 11.1 Å². The highest BCUT2D eigenvalue weighted by Crippen LogP contribution is 2.19. The molecule has 0 aliphatic rings. The molecule has 0 fully saturated rings. The molecule has 0 radical (unpaired) electrons. The minimum Gasteiger partial charge on any atom is -0.326 e. The molecule has 0 bridgehead atoms. The van der Waals surface area contributed by atoms with E-state index in [-0.39, 0.29) is 23.9 Å². The van der Waals surface area contributed by atoms with Crippen molar-refractivity contribution in [2.45, 2.75) is 25.0 Å². The maximum absolute atomic E-state index is 12.3. The number of thioether (sulfide) groups is 1. The van der Waals surface area contributed by atoms with Gasteiger partial charge >= 0.3 is 0 Å². The fourth-order valence-electron chi connectivity index (χ4n) is 2.58. The number of carbonyl (C=O) groups excluding carboxylic acids is 2. The minimum atomic E-state index is -0.153. The summed E-state index contributed by atoms with van der Waals surface area (Å²) in [5.41, 5.74) is 1.42. The van der Waals surface area contributed by atoms with Gasteiger partial charge in [0.1, 0.15) is 5.82 Å². The lowest BCUT2D eigenvalue weighted by Crippen LogP contribution is -2.17. The maximum atomic E-state index is 12.3. The number of benzene rings is 2. The van der Waals surface area contributed by atoms with Crippen LogP contribution in [-0.4, -0.2) is 32.2 Å². The summed E-state index contributed by atoms with van der Waals surface area (Å²) in [4.78, 5) is 24.5. The van der Waals surface area contributed by atoms with Gasteiger partial charge in [-0.15, -0.1) is 10.2 Å². The molecule has 0 unspecified atom stereocenters. The molecule has 27 heavy (non-hydrogen) atoms. The number of hydrogen-bond acceptors (Lipinski definition) is 5. The highest BCUT2D eigenvalue weighted by Gasteiger charge is 2.16. The Bertz CT molecular complexity index is 910. The van der Waals surface area contributed by atoms with Crippen LogP contribution in [0.5, 0.6) is 0 Å². The SMILES string of the molecule is CCn1c(CC(=O)Nc2ccccc2)nnc1SCC(=O)c1ccccc1. The first-order valence-corrected chi connectivity index (χ1v) is 9.64. The molecular formula is C20H20N4O2S. The van der Waals surface area contributed by atoms with Crippen molar-refractivity contribution in [3.63, 3.8) is 0 Å². The van der Waals surface area contributed by atoms with Crippen molar-refractivity contribution in [1.29, 1.82) is 0 Å². The topological polar surface area (TPSA) is 76.9 Å². The highest BCUT2D eigenvalue weighted by atomic mass is 32.2. The van der Waals surface area contributed by atoms with Crippen LogP contribution in [0.25, 0.3) is 0 Å². The summed E-state index contributed by atoms with van der Waals surface area (Å²) in [6.45, 7) is 2.59. The normalized spacial score (nSPS) is 10.6. The van der Waals surface area contributed by atoms with Crippen molar-refractivity contribution in [3.05, 3.63) is 72.1 Å². The van der Waals surface area contributed by atoms with E-state index in [0.717, 1.165) is 5.69 Å². The largest absolute Gasteiger partial charge is 0.326 e. The molecule has 3 rings (SSSR count). The van der Waals surface area contributed by atoms with E-state index >= 15 is 0 Å². The van der Waals surface area contributed by atoms with Crippen molar-refractivity contribution < 1.29 is 9.59 Å². The standard InChI is InChI=1S/C20H20N4O2S/c1-2-24-18(13-19(26)21-16-11-7-4-8-12-16)22-23-20(24)27-14-17(25)15-9-5-3-6-10-15/h3-12H,2,13-14H2,1H3,(H,21,26). The quantitative estimate of drug-likeness (QED) is 0.478. The molecule has 3 aromatic rings. The predicted octanol–water partition coefficient (Wildman–Crippen LogP) is 3.45. The van der Waals surface area contributed by atoms with E-state index in [1.165, 1.54) is 11.8 Å². The average Bonchev–Trinajstić information content (AvgIpc) is 3.08. The van der Waals surface area contributed by atoms with Gasteiger partial charge in [0, 0.05) is 17.8 Å².